The van der Waals surface area contributed by atoms with Crippen LogP contribution >= 0.6 is 0 Å². The Morgan fingerprint density at radius 3 is 2.15 bits per heavy atom. The topological polar surface area (TPSA) is 71.7 Å². The summed E-state index contributed by atoms with van der Waals surface area (Å²) < 4.78 is 26.0. The van der Waals surface area contributed by atoms with Crippen LogP contribution in [0.25, 0.3) is 11.1 Å². The summed E-state index contributed by atoms with van der Waals surface area (Å²) in [6.45, 7) is 11.5. The lowest BCUT2D eigenvalue weighted by Crippen LogP contribution is -2.49. The maximum atomic E-state index is 14.1. The van der Waals surface area contributed by atoms with E-state index < -0.39 is 6.43 Å². The highest BCUT2D eigenvalue weighted by Crippen LogP contribution is 2.26. The number of aliphatic imine (C=N–C) groups is 1. The number of amides is 1. The molecule has 0 aromatic heterocycles. The first-order chi connectivity index (χ1) is 22.7. The number of hydrazone groups is 1. The van der Waals surface area contributed by atoms with E-state index in [0.29, 0.717) is 25.1 Å². The number of carbonyl (C=O) groups excluding carboxylic acids is 1. The molecule has 0 radical (unpaired) electrons. The molecule has 3 aromatic carbocycles. The van der Waals surface area contributed by atoms with Crippen LogP contribution in [0.3, 0.4) is 0 Å². The van der Waals surface area contributed by atoms with E-state index >= 15 is 0 Å². The summed E-state index contributed by atoms with van der Waals surface area (Å²) in [5.74, 6) is 0.778. The van der Waals surface area contributed by atoms with Gasteiger partial charge in [-0.05, 0) is 68.1 Å². The van der Waals surface area contributed by atoms with Crippen LogP contribution in [-0.4, -0.2) is 70.1 Å². The van der Waals surface area contributed by atoms with Crippen LogP contribution in [0.2, 0.25) is 0 Å². The Morgan fingerprint density at radius 1 is 0.979 bits per heavy atom. The fourth-order valence-electron chi connectivity index (χ4n) is 5.79. The number of halogens is 2. The Hall–Kier alpha value is -4.63. The van der Waals surface area contributed by atoms with Gasteiger partial charge in [0, 0.05) is 24.6 Å². The van der Waals surface area contributed by atoms with Gasteiger partial charge < -0.3 is 14.9 Å². The molecule has 2 aliphatic heterocycles. The number of carbonyl (C=O) groups is 1. The Balaban J connectivity index is 0.00000160. The van der Waals surface area contributed by atoms with E-state index in [1.165, 1.54) is 17.7 Å². The van der Waals surface area contributed by atoms with Crippen molar-refractivity contribution in [1.82, 2.24) is 14.8 Å². The molecule has 1 fully saturated rings. The van der Waals surface area contributed by atoms with Crippen LogP contribution < -0.4 is 0 Å². The van der Waals surface area contributed by atoms with Crippen molar-refractivity contribution >= 4 is 17.5 Å². The van der Waals surface area contributed by atoms with Gasteiger partial charge in [-0.1, -0.05) is 98.9 Å². The van der Waals surface area contributed by atoms with Gasteiger partial charge >= 0.3 is 0 Å². The maximum Gasteiger partial charge on any atom is 0.263 e. The zero-order valence-corrected chi connectivity index (χ0v) is 27.4. The van der Waals surface area contributed by atoms with Crippen LogP contribution in [0.15, 0.2) is 114 Å². The van der Waals surface area contributed by atoms with Gasteiger partial charge in [-0.3, -0.25) is 4.79 Å². The molecule has 0 atom stereocenters. The van der Waals surface area contributed by atoms with Gasteiger partial charge in [0.1, 0.15) is 12.4 Å². The van der Waals surface area contributed by atoms with E-state index in [1.807, 2.05) is 54.3 Å². The number of aryl methyl sites for hydroxylation is 1. The van der Waals surface area contributed by atoms with Crippen molar-refractivity contribution in [2.45, 2.75) is 58.0 Å². The Morgan fingerprint density at radius 2 is 1.57 bits per heavy atom. The van der Waals surface area contributed by atoms with Crippen molar-refractivity contribution in [2.24, 2.45) is 10.1 Å². The summed E-state index contributed by atoms with van der Waals surface area (Å²) in [6.07, 6.45) is 2.23. The lowest BCUT2D eigenvalue weighted by atomic mass is 10.0. The number of likely N-dealkylation sites (tertiary alicyclic amines) is 1. The smallest absolute Gasteiger partial charge is 0.263 e. The van der Waals surface area contributed by atoms with Crippen LogP contribution in [0.1, 0.15) is 55.7 Å². The number of aliphatic hydroxyl groups excluding tert-OH is 1. The van der Waals surface area contributed by atoms with Gasteiger partial charge in [0.25, 0.3) is 6.43 Å². The van der Waals surface area contributed by atoms with Crippen molar-refractivity contribution in [1.29, 1.82) is 0 Å². The largest absolute Gasteiger partial charge is 0.516 e. The second-order valence-corrected chi connectivity index (χ2v) is 11.8. The summed E-state index contributed by atoms with van der Waals surface area (Å²) in [6, 6.07) is 24.8. The molecule has 0 aliphatic carbocycles. The van der Waals surface area contributed by atoms with Gasteiger partial charge in [0.15, 0.2) is 0 Å². The first-order valence-corrected chi connectivity index (χ1v) is 16.1. The average molecular weight is 642 g/mol. The van der Waals surface area contributed by atoms with Gasteiger partial charge in [0.05, 0.1) is 17.7 Å². The van der Waals surface area contributed by atoms with E-state index in [2.05, 4.69) is 37.2 Å². The minimum absolute atomic E-state index is 0.0133. The molecule has 1 saturated heterocycles. The molecule has 5 rings (SSSR count). The summed E-state index contributed by atoms with van der Waals surface area (Å²) >= 11 is 0. The van der Waals surface area contributed by atoms with Gasteiger partial charge in [-0.2, -0.15) is 5.10 Å². The highest BCUT2D eigenvalue weighted by molar-refractivity contribution is 6.05. The summed E-state index contributed by atoms with van der Waals surface area (Å²) in [7, 11) is 2.12. The number of hydrogen-bond donors (Lipinski definition) is 1. The molecule has 7 nitrogen and oxygen atoms in total. The monoisotopic (exact) mass is 641 g/mol. The van der Waals surface area contributed by atoms with Crippen LogP contribution in [0.4, 0.5) is 8.78 Å². The summed E-state index contributed by atoms with van der Waals surface area (Å²) in [5, 5.41) is 14.0. The standard InChI is InChI=1S/C36H41F2N5O.C2H4O/c1-4-33-26(2)39-34(19-12-27-8-6-5-7-9-27)43(40-33)25-35(44)42(32-20-22-41(3)23-21-32)24-28-10-13-29(14-11-28)30-15-17-31(18-16-30)36(37)38;1-2-3/h5-11,13-18,32,36H,2,4,12,19-25H2,1,3H3;2-3H,1H2. The third kappa shape index (κ3) is 9.93. The first-order valence-electron chi connectivity index (χ1n) is 16.1. The molecule has 2 aliphatic rings. The minimum atomic E-state index is -2.48. The fourth-order valence-corrected chi connectivity index (χ4v) is 5.79. The average Bonchev–Trinajstić information content (AvgIpc) is 3.08. The third-order valence-electron chi connectivity index (χ3n) is 8.49. The summed E-state index contributed by atoms with van der Waals surface area (Å²) in [4.78, 5) is 23.2. The number of aliphatic hydroxyl groups is 1. The van der Waals surface area contributed by atoms with E-state index in [0.717, 1.165) is 66.9 Å². The molecule has 1 amide bonds. The van der Waals surface area contributed by atoms with Crippen molar-refractivity contribution in [2.75, 3.05) is 26.7 Å². The van der Waals surface area contributed by atoms with E-state index in [-0.39, 0.29) is 24.1 Å². The molecule has 0 bridgehead atoms. The van der Waals surface area contributed by atoms with Gasteiger partial charge in [-0.25, -0.2) is 18.8 Å². The van der Waals surface area contributed by atoms with Gasteiger partial charge in [-0.15, -0.1) is 0 Å². The first kappa shape index (κ1) is 35.2. The molecule has 0 unspecified atom stereocenters. The number of hydrogen-bond acceptors (Lipinski definition) is 6. The third-order valence-corrected chi connectivity index (χ3v) is 8.49. The summed E-state index contributed by atoms with van der Waals surface area (Å²) in [5.41, 5.74) is 5.52. The molecule has 9 heteroatoms. The number of alkyl halides is 2. The van der Waals surface area contributed by atoms with Crippen molar-refractivity contribution < 1.29 is 18.7 Å². The fraction of sp³-hybridized carbons (Fsp3) is 0.342. The second kappa shape index (κ2) is 17.3. The molecular weight excluding hydrogens is 596 g/mol. The molecule has 1 N–H and O–H groups in total. The molecule has 2 heterocycles. The number of nitrogens with zero attached hydrogens (tertiary/aromatic N) is 5. The zero-order valence-electron chi connectivity index (χ0n) is 27.4. The Labute approximate surface area is 277 Å². The van der Waals surface area contributed by atoms with E-state index in [1.54, 1.807) is 17.1 Å². The predicted molar refractivity (Wildman–Crippen MR) is 186 cm³/mol. The quantitative estimate of drug-likeness (QED) is 0.215. The Bertz CT molecular complexity index is 1530. The molecule has 3 aromatic rings. The normalized spacial score (nSPS) is 15.4. The molecule has 0 spiro atoms. The number of benzene rings is 3. The van der Waals surface area contributed by atoms with Crippen LogP contribution in [0.5, 0.6) is 0 Å². The SMILES string of the molecule is C=C1N=C(CCc2ccccc2)N(CC(=O)N(Cc2ccc(-c3ccc(C(F)F)cc3)cc2)C2CCN(C)CC2)N=C1CC.C=CO. The van der Waals surface area contributed by atoms with Crippen LogP contribution in [-0.2, 0) is 17.8 Å². The van der Waals surface area contributed by atoms with Gasteiger partial charge in [0.2, 0.25) is 5.91 Å². The predicted octanol–water partition coefficient (Wildman–Crippen LogP) is 8.03. The van der Waals surface area contributed by atoms with Crippen molar-refractivity contribution in [3.05, 3.63) is 121 Å². The highest BCUT2D eigenvalue weighted by atomic mass is 19.3. The van der Waals surface area contributed by atoms with E-state index in [4.69, 9.17) is 15.2 Å². The van der Waals surface area contributed by atoms with Crippen LogP contribution in [0, 0.1) is 0 Å². The highest BCUT2D eigenvalue weighted by Gasteiger charge is 2.30. The maximum absolute atomic E-state index is 14.1. The lowest BCUT2D eigenvalue weighted by Gasteiger charge is -2.38. The number of piperidine rings is 1. The molecular formula is C38H45F2N5O2. The van der Waals surface area contributed by atoms with E-state index in [9.17, 15) is 13.6 Å². The molecule has 248 valence electrons. The number of amidine groups is 1. The van der Waals surface area contributed by atoms with Crippen molar-refractivity contribution in [3.8, 4) is 11.1 Å². The minimum Gasteiger partial charge on any atom is -0.516 e. The number of rotatable bonds is 11. The second-order valence-electron chi connectivity index (χ2n) is 11.8. The zero-order chi connectivity index (χ0) is 33.8. The molecule has 0 saturated carbocycles. The van der Waals surface area contributed by atoms with Crippen molar-refractivity contribution in [3.63, 3.8) is 0 Å². The lowest BCUT2D eigenvalue weighted by molar-refractivity contribution is -0.135. The Kier molecular flexibility index (Phi) is 13.0. The number of allylic oxidation sites excluding steroid dienone is 1. The molecule has 47 heavy (non-hydrogen) atoms.